The van der Waals surface area contributed by atoms with Gasteiger partial charge in [0.2, 0.25) is 0 Å². The third-order valence-corrected chi connectivity index (χ3v) is 10.8. The Morgan fingerprint density at radius 2 is 1.95 bits per heavy atom. The number of nitrogens with two attached hydrogens (primary N) is 1. The molecule has 4 aromatic rings. The van der Waals surface area contributed by atoms with Crippen molar-refractivity contribution in [2.24, 2.45) is 16.6 Å². The smallest absolute Gasteiger partial charge is 0.193 e. The molecule has 3 aromatic carbocycles. The lowest BCUT2D eigenvalue weighted by molar-refractivity contribution is -0.173. The third kappa shape index (κ3) is 3.49. The van der Waals surface area contributed by atoms with Gasteiger partial charge >= 0.3 is 0 Å². The SMILES string of the molecule is NC(=NCc1ccc(O)cc1)Nc1ccc2[nH]c3c(c2c1)C[C@@]1(O)[C@@H]2Cc4ccc(O)c5c4[C@@]1(CCN2CC1CC1)C3O5. The number of fused-ring (bicyclic) bond motifs is 4. The molecule has 9 nitrogen and oxygen atoms in total. The maximum absolute atomic E-state index is 13.1. The average Bonchev–Trinajstić information content (AvgIpc) is 3.64. The van der Waals surface area contributed by atoms with Crippen molar-refractivity contribution in [1.82, 2.24) is 9.88 Å². The summed E-state index contributed by atoms with van der Waals surface area (Å²) in [6.07, 6.45) is 4.19. The standard InChI is InChI=1S/C34H35N5O4/c35-32(36-16-18-3-7-22(40)8-4-18)37-21-6-9-25-23(14-21)24-15-34(42)27-13-20-5-10-26(41)30-28(20)33(34,31(43-30)29(24)38-25)11-12-39(27)17-19-1-2-19/h3-10,14,19,27,31,38,40-42H,1-2,11-13,15-17H2,(H3,35,36,37)/t27-,31?,33-,34+/m0/s1. The Morgan fingerprint density at radius 1 is 1.12 bits per heavy atom. The van der Waals surface area contributed by atoms with Gasteiger partial charge in [-0.2, -0.15) is 0 Å². The lowest BCUT2D eigenvalue weighted by Crippen LogP contribution is -2.74. The largest absolute Gasteiger partial charge is 0.508 e. The first-order valence-electron chi connectivity index (χ1n) is 15.3. The number of ether oxygens (including phenoxy) is 1. The maximum Gasteiger partial charge on any atom is 0.193 e. The van der Waals surface area contributed by atoms with Crippen molar-refractivity contribution in [1.29, 1.82) is 0 Å². The number of hydrogen-bond acceptors (Lipinski definition) is 6. The van der Waals surface area contributed by atoms with Crippen LogP contribution >= 0.6 is 0 Å². The molecular weight excluding hydrogens is 542 g/mol. The Labute approximate surface area is 249 Å². The summed E-state index contributed by atoms with van der Waals surface area (Å²) in [6, 6.07) is 16.8. The number of likely N-dealkylation sites (tertiary alicyclic amines) is 1. The quantitative estimate of drug-likeness (QED) is 0.154. The molecule has 1 aromatic heterocycles. The number of anilines is 1. The van der Waals surface area contributed by atoms with Crippen LogP contribution in [0, 0.1) is 5.92 Å². The molecule has 2 aliphatic heterocycles. The fourth-order valence-electron chi connectivity index (χ4n) is 8.66. The fourth-order valence-corrected chi connectivity index (χ4v) is 8.66. The van der Waals surface area contributed by atoms with Gasteiger partial charge in [0.25, 0.3) is 0 Å². The van der Waals surface area contributed by atoms with E-state index in [1.165, 1.54) is 18.4 Å². The summed E-state index contributed by atoms with van der Waals surface area (Å²) < 4.78 is 6.71. The molecule has 2 bridgehead atoms. The lowest BCUT2D eigenvalue weighted by Gasteiger charge is -2.62. The van der Waals surface area contributed by atoms with Crippen LogP contribution in [-0.2, 0) is 24.8 Å². The van der Waals surface area contributed by atoms with E-state index in [1.807, 2.05) is 30.3 Å². The van der Waals surface area contributed by atoms with Crippen molar-refractivity contribution in [2.75, 3.05) is 18.4 Å². The van der Waals surface area contributed by atoms with E-state index in [1.54, 1.807) is 18.2 Å². The number of rotatable bonds is 5. The predicted molar refractivity (Wildman–Crippen MR) is 164 cm³/mol. The Balaban J connectivity index is 1.12. The molecule has 9 rings (SSSR count). The summed E-state index contributed by atoms with van der Waals surface area (Å²) in [7, 11) is 0. The minimum atomic E-state index is -1.03. The van der Waals surface area contributed by atoms with Crippen molar-refractivity contribution >= 4 is 22.5 Å². The van der Waals surface area contributed by atoms with Crippen LogP contribution in [0.4, 0.5) is 5.69 Å². The highest BCUT2D eigenvalue weighted by atomic mass is 16.5. The molecule has 1 saturated carbocycles. The van der Waals surface area contributed by atoms with Crippen LogP contribution in [0.5, 0.6) is 17.2 Å². The highest BCUT2D eigenvalue weighted by Crippen LogP contribution is 2.69. The second kappa shape index (κ2) is 8.67. The van der Waals surface area contributed by atoms with Gasteiger partial charge in [-0.1, -0.05) is 18.2 Å². The zero-order chi connectivity index (χ0) is 29.1. The molecule has 1 spiro atoms. The number of guanidine groups is 1. The summed E-state index contributed by atoms with van der Waals surface area (Å²) in [5.41, 5.74) is 11.6. The molecule has 0 radical (unpaired) electrons. The summed E-state index contributed by atoms with van der Waals surface area (Å²) >= 11 is 0. The second-order valence-corrected chi connectivity index (χ2v) is 13.2. The number of phenolic OH excluding ortho intramolecular Hbond substituents is 2. The number of benzene rings is 3. The van der Waals surface area contributed by atoms with Gasteiger partial charge in [-0.25, -0.2) is 4.99 Å². The lowest BCUT2D eigenvalue weighted by atomic mass is 9.49. The van der Waals surface area contributed by atoms with Crippen LogP contribution in [0.1, 0.15) is 53.3 Å². The number of aromatic amines is 1. The molecule has 1 saturated heterocycles. The molecule has 1 unspecified atom stereocenters. The normalized spacial score (nSPS) is 28.8. The van der Waals surface area contributed by atoms with Crippen LogP contribution in [0.15, 0.2) is 59.6 Å². The van der Waals surface area contributed by atoms with Crippen molar-refractivity contribution in [3.8, 4) is 17.2 Å². The second-order valence-electron chi connectivity index (χ2n) is 13.2. The van der Waals surface area contributed by atoms with Gasteiger partial charge < -0.3 is 36.1 Å². The first-order valence-corrected chi connectivity index (χ1v) is 15.3. The number of aliphatic imine (C=N–C) groups is 1. The third-order valence-electron chi connectivity index (χ3n) is 10.8. The van der Waals surface area contributed by atoms with E-state index in [-0.39, 0.29) is 17.5 Å². The molecule has 7 N–H and O–H groups in total. The first kappa shape index (κ1) is 25.3. The number of piperidine rings is 1. The van der Waals surface area contributed by atoms with E-state index in [2.05, 4.69) is 26.3 Å². The molecule has 3 aliphatic carbocycles. The molecule has 3 heterocycles. The van der Waals surface area contributed by atoms with E-state index < -0.39 is 17.1 Å². The van der Waals surface area contributed by atoms with Crippen LogP contribution < -0.4 is 15.8 Å². The Hall–Kier alpha value is -4.21. The number of aliphatic hydroxyl groups is 1. The van der Waals surface area contributed by atoms with Crippen molar-refractivity contribution < 1.29 is 20.1 Å². The summed E-state index contributed by atoms with van der Waals surface area (Å²) in [4.78, 5) is 10.7. The minimum Gasteiger partial charge on any atom is -0.508 e. The Morgan fingerprint density at radius 3 is 2.77 bits per heavy atom. The summed E-state index contributed by atoms with van der Waals surface area (Å²) in [5, 5.41) is 37.8. The van der Waals surface area contributed by atoms with Gasteiger partial charge in [0.15, 0.2) is 23.6 Å². The molecule has 43 heavy (non-hydrogen) atoms. The molecule has 0 amide bonds. The molecule has 4 atom stereocenters. The molecule has 9 heteroatoms. The van der Waals surface area contributed by atoms with Gasteiger partial charge in [-0.15, -0.1) is 0 Å². The summed E-state index contributed by atoms with van der Waals surface area (Å²) in [6.45, 7) is 2.35. The van der Waals surface area contributed by atoms with Gasteiger partial charge in [-0.05, 0) is 91.2 Å². The zero-order valence-corrected chi connectivity index (χ0v) is 23.8. The molecule has 220 valence electrons. The van der Waals surface area contributed by atoms with Gasteiger partial charge in [0.05, 0.1) is 23.3 Å². The van der Waals surface area contributed by atoms with E-state index >= 15 is 0 Å². The average molecular weight is 578 g/mol. The fraction of sp³-hybridized carbons (Fsp3) is 0.382. The monoisotopic (exact) mass is 577 g/mol. The van der Waals surface area contributed by atoms with Gasteiger partial charge in [0.1, 0.15) is 5.75 Å². The number of aromatic nitrogens is 1. The Kier molecular flexibility index (Phi) is 5.10. The van der Waals surface area contributed by atoms with E-state index in [4.69, 9.17) is 10.5 Å². The van der Waals surface area contributed by atoms with Gasteiger partial charge in [0, 0.05) is 41.2 Å². The van der Waals surface area contributed by atoms with E-state index in [9.17, 15) is 15.3 Å². The number of aromatic hydroxyl groups is 2. The molecule has 5 aliphatic rings. The maximum atomic E-state index is 13.1. The topological polar surface area (TPSA) is 139 Å². The van der Waals surface area contributed by atoms with E-state index in [0.29, 0.717) is 24.7 Å². The highest BCUT2D eigenvalue weighted by molar-refractivity contribution is 5.96. The van der Waals surface area contributed by atoms with E-state index in [0.717, 1.165) is 70.8 Å². The van der Waals surface area contributed by atoms with Crippen LogP contribution in [0.3, 0.4) is 0 Å². The molecule has 2 fully saturated rings. The number of phenols is 2. The van der Waals surface area contributed by atoms with Crippen molar-refractivity contribution in [3.63, 3.8) is 0 Å². The number of nitrogens with one attached hydrogen (secondary N) is 2. The minimum absolute atomic E-state index is 0.0157. The van der Waals surface area contributed by atoms with Crippen molar-refractivity contribution in [3.05, 3.63) is 82.5 Å². The summed E-state index contributed by atoms with van der Waals surface area (Å²) in [5.74, 6) is 1.93. The van der Waals surface area contributed by atoms with Crippen molar-refractivity contribution in [2.45, 2.75) is 61.8 Å². The predicted octanol–water partition coefficient (Wildman–Crippen LogP) is 4.21. The zero-order valence-electron chi connectivity index (χ0n) is 23.8. The number of hydrogen-bond donors (Lipinski definition) is 6. The van der Waals surface area contributed by atoms with Gasteiger partial charge in [-0.3, -0.25) is 4.90 Å². The van der Waals surface area contributed by atoms with Crippen LogP contribution in [-0.4, -0.2) is 55.9 Å². The number of H-pyrrole nitrogens is 1. The molecular formula is C34H35N5O4. The first-order chi connectivity index (χ1) is 20.8. The van der Waals surface area contributed by atoms with Crippen LogP contribution in [0.2, 0.25) is 0 Å². The number of nitrogens with zero attached hydrogens (tertiary/aromatic N) is 2. The Bertz CT molecular complexity index is 1830. The van der Waals surface area contributed by atoms with Crippen LogP contribution in [0.25, 0.3) is 10.9 Å². The highest BCUT2D eigenvalue weighted by Gasteiger charge is 2.72.